The number of ether oxygens (including phenoxy) is 1. The normalized spacial score (nSPS) is 14.0. The summed E-state index contributed by atoms with van der Waals surface area (Å²) in [6.45, 7) is 2.13. The van der Waals surface area contributed by atoms with Crippen molar-refractivity contribution in [3.8, 4) is 5.75 Å². The van der Waals surface area contributed by atoms with Crippen LogP contribution in [-0.2, 0) is 4.79 Å². The van der Waals surface area contributed by atoms with E-state index in [-0.39, 0.29) is 18.6 Å². The Morgan fingerprint density at radius 2 is 1.83 bits per heavy atom. The zero-order chi connectivity index (χ0) is 17.1. The van der Waals surface area contributed by atoms with Gasteiger partial charge >= 0.3 is 0 Å². The second-order valence-corrected chi connectivity index (χ2v) is 5.68. The predicted octanol–water partition coefficient (Wildman–Crippen LogP) is 2.44. The van der Waals surface area contributed by atoms with Crippen molar-refractivity contribution in [1.82, 2.24) is 5.32 Å². The molecule has 122 valence electrons. The van der Waals surface area contributed by atoms with Crippen LogP contribution in [0.3, 0.4) is 0 Å². The van der Waals surface area contributed by atoms with Gasteiger partial charge in [-0.05, 0) is 36.8 Å². The molecule has 5 nitrogen and oxygen atoms in total. The summed E-state index contributed by atoms with van der Waals surface area (Å²) in [6, 6.07) is 14.3. The van der Waals surface area contributed by atoms with Crippen molar-refractivity contribution in [1.29, 1.82) is 0 Å². The molecule has 0 spiro atoms. The van der Waals surface area contributed by atoms with Crippen molar-refractivity contribution in [3.63, 3.8) is 0 Å². The standard InChI is InChI=1S/C19H18N2O3/c1-12(13-6-8-14(9-7-13)18(20)22)21-19(23)16-10-15-4-2-3-5-17(15)24-11-16/h2-10,12H,11H2,1H3,(H2,20,22)(H,21,23). The number of rotatable bonds is 4. The highest BCUT2D eigenvalue weighted by atomic mass is 16.5. The summed E-state index contributed by atoms with van der Waals surface area (Å²) in [4.78, 5) is 23.5. The second-order valence-electron chi connectivity index (χ2n) is 5.68. The van der Waals surface area contributed by atoms with Crippen LogP contribution < -0.4 is 15.8 Å². The van der Waals surface area contributed by atoms with Gasteiger partial charge in [0.15, 0.2) is 0 Å². The molecular formula is C19H18N2O3. The molecule has 0 saturated heterocycles. The van der Waals surface area contributed by atoms with Crippen LogP contribution in [0, 0.1) is 0 Å². The summed E-state index contributed by atoms with van der Waals surface area (Å²) in [6.07, 6.45) is 1.84. The molecule has 1 unspecified atom stereocenters. The van der Waals surface area contributed by atoms with Crippen molar-refractivity contribution in [2.24, 2.45) is 5.73 Å². The minimum absolute atomic E-state index is 0.170. The van der Waals surface area contributed by atoms with Gasteiger partial charge in [-0.3, -0.25) is 9.59 Å². The lowest BCUT2D eigenvalue weighted by Crippen LogP contribution is -2.30. The van der Waals surface area contributed by atoms with Gasteiger partial charge in [-0.25, -0.2) is 0 Å². The molecule has 0 fully saturated rings. The fourth-order valence-electron chi connectivity index (χ4n) is 2.56. The van der Waals surface area contributed by atoms with Crippen molar-refractivity contribution in [2.75, 3.05) is 6.61 Å². The Balaban J connectivity index is 1.70. The Morgan fingerprint density at radius 1 is 1.12 bits per heavy atom. The molecule has 2 aromatic rings. The Bertz CT molecular complexity index is 810. The summed E-state index contributed by atoms with van der Waals surface area (Å²) >= 11 is 0. The van der Waals surface area contributed by atoms with E-state index in [0.29, 0.717) is 11.1 Å². The van der Waals surface area contributed by atoms with Gasteiger partial charge in [0.05, 0.1) is 11.6 Å². The number of nitrogens with one attached hydrogen (secondary N) is 1. The van der Waals surface area contributed by atoms with Crippen LogP contribution in [0.2, 0.25) is 0 Å². The third-order valence-electron chi connectivity index (χ3n) is 3.97. The first-order valence-electron chi connectivity index (χ1n) is 7.67. The number of para-hydroxylation sites is 1. The van der Waals surface area contributed by atoms with Gasteiger partial charge in [-0.1, -0.05) is 30.3 Å². The molecule has 1 aliphatic rings. The fraction of sp³-hybridized carbons (Fsp3) is 0.158. The smallest absolute Gasteiger partial charge is 0.251 e. The van der Waals surface area contributed by atoms with Gasteiger partial charge in [0.25, 0.3) is 5.91 Å². The van der Waals surface area contributed by atoms with E-state index < -0.39 is 5.91 Å². The average Bonchev–Trinajstić information content (AvgIpc) is 2.61. The fourth-order valence-corrected chi connectivity index (χ4v) is 2.56. The third-order valence-corrected chi connectivity index (χ3v) is 3.97. The largest absolute Gasteiger partial charge is 0.488 e. The lowest BCUT2D eigenvalue weighted by atomic mass is 10.0. The maximum Gasteiger partial charge on any atom is 0.251 e. The number of hydrogen-bond donors (Lipinski definition) is 2. The minimum atomic E-state index is -0.471. The zero-order valence-electron chi connectivity index (χ0n) is 13.3. The van der Waals surface area contributed by atoms with Crippen molar-refractivity contribution < 1.29 is 14.3 Å². The SMILES string of the molecule is CC(NC(=O)C1=Cc2ccccc2OC1)c1ccc(C(N)=O)cc1. The molecule has 0 aliphatic carbocycles. The number of carbonyl (C=O) groups excluding carboxylic acids is 2. The molecule has 2 amide bonds. The van der Waals surface area contributed by atoms with Crippen LogP contribution in [0.5, 0.6) is 5.75 Å². The maximum atomic E-state index is 12.4. The van der Waals surface area contributed by atoms with Gasteiger partial charge in [-0.15, -0.1) is 0 Å². The van der Waals surface area contributed by atoms with Crippen LogP contribution in [0.4, 0.5) is 0 Å². The molecule has 1 heterocycles. The van der Waals surface area contributed by atoms with Gasteiger partial charge < -0.3 is 15.8 Å². The summed E-state index contributed by atoms with van der Waals surface area (Å²) in [5.74, 6) is 0.140. The summed E-state index contributed by atoms with van der Waals surface area (Å²) in [5.41, 5.74) is 8.04. The highest BCUT2D eigenvalue weighted by Crippen LogP contribution is 2.26. The first-order chi connectivity index (χ1) is 11.5. The van der Waals surface area contributed by atoms with Crippen molar-refractivity contribution in [2.45, 2.75) is 13.0 Å². The van der Waals surface area contributed by atoms with Gasteiger partial charge in [0, 0.05) is 11.1 Å². The number of carbonyl (C=O) groups is 2. The molecule has 2 aromatic carbocycles. The molecule has 0 aromatic heterocycles. The second kappa shape index (κ2) is 6.58. The number of hydrogen-bond acceptors (Lipinski definition) is 3. The number of fused-ring (bicyclic) bond motifs is 1. The van der Waals surface area contributed by atoms with E-state index in [4.69, 9.17) is 10.5 Å². The number of primary amides is 1. The highest BCUT2D eigenvalue weighted by Gasteiger charge is 2.19. The van der Waals surface area contributed by atoms with E-state index in [1.165, 1.54) is 0 Å². The van der Waals surface area contributed by atoms with Crippen LogP contribution in [0.15, 0.2) is 54.1 Å². The summed E-state index contributed by atoms with van der Waals surface area (Å²) < 4.78 is 5.61. The number of benzene rings is 2. The minimum Gasteiger partial charge on any atom is -0.488 e. The Morgan fingerprint density at radius 3 is 2.54 bits per heavy atom. The first kappa shape index (κ1) is 15.8. The monoisotopic (exact) mass is 322 g/mol. The van der Waals surface area contributed by atoms with E-state index in [1.807, 2.05) is 37.3 Å². The number of nitrogens with two attached hydrogens (primary N) is 1. The van der Waals surface area contributed by atoms with E-state index in [2.05, 4.69) is 5.32 Å². The molecule has 0 saturated carbocycles. The summed E-state index contributed by atoms with van der Waals surface area (Å²) in [7, 11) is 0. The molecular weight excluding hydrogens is 304 g/mol. The molecule has 3 N–H and O–H groups in total. The van der Waals surface area contributed by atoms with E-state index in [1.54, 1.807) is 24.3 Å². The van der Waals surface area contributed by atoms with Crippen LogP contribution in [0.25, 0.3) is 6.08 Å². The molecule has 24 heavy (non-hydrogen) atoms. The molecule has 3 rings (SSSR count). The first-order valence-corrected chi connectivity index (χ1v) is 7.67. The highest BCUT2D eigenvalue weighted by molar-refractivity contribution is 5.99. The maximum absolute atomic E-state index is 12.4. The van der Waals surface area contributed by atoms with Crippen molar-refractivity contribution in [3.05, 3.63) is 70.8 Å². The topological polar surface area (TPSA) is 81.4 Å². The van der Waals surface area contributed by atoms with E-state index in [9.17, 15) is 9.59 Å². The molecule has 1 atom stereocenters. The third kappa shape index (κ3) is 3.30. The van der Waals surface area contributed by atoms with E-state index >= 15 is 0 Å². The summed E-state index contributed by atoms with van der Waals surface area (Å²) in [5, 5.41) is 2.94. The Kier molecular flexibility index (Phi) is 4.33. The molecule has 0 bridgehead atoms. The average molecular weight is 322 g/mol. The lowest BCUT2D eigenvalue weighted by molar-refractivity contribution is -0.118. The molecule has 1 aliphatic heterocycles. The van der Waals surface area contributed by atoms with E-state index in [0.717, 1.165) is 16.9 Å². The van der Waals surface area contributed by atoms with Gasteiger partial charge in [0.2, 0.25) is 5.91 Å². The zero-order valence-corrected chi connectivity index (χ0v) is 13.3. The molecule has 5 heteroatoms. The lowest BCUT2D eigenvalue weighted by Gasteiger charge is -2.20. The van der Waals surface area contributed by atoms with Gasteiger partial charge in [-0.2, -0.15) is 0 Å². The predicted molar refractivity (Wildman–Crippen MR) is 91.4 cm³/mol. The molecule has 0 radical (unpaired) electrons. The quantitative estimate of drug-likeness (QED) is 0.907. The van der Waals surface area contributed by atoms with Gasteiger partial charge in [0.1, 0.15) is 12.4 Å². The number of amides is 2. The van der Waals surface area contributed by atoms with Crippen LogP contribution in [0.1, 0.15) is 34.5 Å². The Hall–Kier alpha value is -3.08. The van der Waals surface area contributed by atoms with Crippen molar-refractivity contribution >= 4 is 17.9 Å². The van der Waals surface area contributed by atoms with Crippen LogP contribution >= 0.6 is 0 Å². The Labute approximate surface area is 140 Å². The van der Waals surface area contributed by atoms with Crippen LogP contribution in [-0.4, -0.2) is 18.4 Å².